The summed E-state index contributed by atoms with van der Waals surface area (Å²) in [6.07, 6.45) is 0. The van der Waals surface area contributed by atoms with Crippen LogP contribution in [0.4, 0.5) is 10.1 Å². The number of ether oxygens (including phenoxy) is 1. The third-order valence-corrected chi connectivity index (χ3v) is 3.78. The van der Waals surface area contributed by atoms with Crippen LogP contribution in [0.5, 0.6) is 0 Å². The summed E-state index contributed by atoms with van der Waals surface area (Å²) >= 11 is 0. The fourth-order valence-corrected chi connectivity index (χ4v) is 2.48. The molecule has 0 saturated heterocycles. The predicted molar refractivity (Wildman–Crippen MR) is 90.6 cm³/mol. The van der Waals surface area contributed by atoms with E-state index in [0.717, 1.165) is 0 Å². The Morgan fingerprint density at radius 3 is 2.72 bits per heavy atom. The van der Waals surface area contributed by atoms with Gasteiger partial charge < -0.3 is 14.6 Å². The molecule has 0 radical (unpaired) electrons. The van der Waals surface area contributed by atoms with E-state index in [0.29, 0.717) is 22.5 Å². The first-order valence-corrected chi connectivity index (χ1v) is 7.55. The minimum Gasteiger partial charge on any atom is -0.380 e. The van der Waals surface area contributed by atoms with Gasteiger partial charge in [-0.25, -0.2) is 4.39 Å². The molecule has 0 spiro atoms. The van der Waals surface area contributed by atoms with Gasteiger partial charge >= 0.3 is 0 Å². The highest BCUT2D eigenvalue weighted by Gasteiger charge is 2.15. The van der Waals surface area contributed by atoms with Crippen LogP contribution in [0, 0.1) is 31.0 Å². The molecule has 1 heterocycles. The van der Waals surface area contributed by atoms with Crippen molar-refractivity contribution in [3.8, 4) is 6.07 Å². The van der Waals surface area contributed by atoms with Gasteiger partial charge in [0, 0.05) is 24.1 Å². The van der Waals surface area contributed by atoms with Crippen LogP contribution < -0.4 is 10.9 Å². The van der Waals surface area contributed by atoms with Gasteiger partial charge in [-0.3, -0.25) is 9.59 Å². The molecule has 0 aliphatic heterocycles. The molecule has 1 aromatic carbocycles. The second-order valence-corrected chi connectivity index (χ2v) is 5.63. The molecule has 0 bridgehead atoms. The van der Waals surface area contributed by atoms with E-state index in [9.17, 15) is 19.2 Å². The van der Waals surface area contributed by atoms with E-state index in [4.69, 9.17) is 4.74 Å². The highest BCUT2D eigenvalue weighted by Crippen LogP contribution is 2.16. The maximum Gasteiger partial charge on any atom is 0.269 e. The van der Waals surface area contributed by atoms with E-state index in [1.54, 1.807) is 26.0 Å². The van der Waals surface area contributed by atoms with Crippen molar-refractivity contribution in [3.63, 3.8) is 0 Å². The lowest BCUT2D eigenvalue weighted by Gasteiger charge is -2.14. The number of rotatable bonds is 5. The Hall–Kier alpha value is -2.98. The fraction of sp³-hybridized carbons (Fsp3) is 0.278. The Morgan fingerprint density at radius 1 is 1.36 bits per heavy atom. The SMILES string of the molecule is COCc1cc(C)n(CC(=O)Nc2cc(F)ccc2C)c(=O)c1C#N. The Morgan fingerprint density at radius 2 is 2.08 bits per heavy atom. The minimum atomic E-state index is -0.555. The molecule has 25 heavy (non-hydrogen) atoms. The minimum absolute atomic E-state index is 0.0535. The van der Waals surface area contributed by atoms with E-state index in [2.05, 4.69) is 5.32 Å². The van der Waals surface area contributed by atoms with Crippen molar-refractivity contribution in [2.24, 2.45) is 0 Å². The van der Waals surface area contributed by atoms with Crippen LogP contribution in [-0.2, 0) is 22.7 Å². The molecule has 1 aromatic heterocycles. The summed E-state index contributed by atoms with van der Waals surface area (Å²) in [5.41, 5.74) is 1.44. The number of amides is 1. The van der Waals surface area contributed by atoms with Gasteiger partial charge in [-0.05, 0) is 37.6 Å². The number of nitrogens with zero attached hydrogens (tertiary/aromatic N) is 2. The summed E-state index contributed by atoms with van der Waals surface area (Å²) in [7, 11) is 1.47. The molecule has 0 saturated carbocycles. The van der Waals surface area contributed by atoms with Crippen molar-refractivity contribution in [1.29, 1.82) is 5.26 Å². The molecule has 1 amide bonds. The van der Waals surface area contributed by atoms with E-state index < -0.39 is 17.3 Å². The average molecular weight is 343 g/mol. The Kier molecular flexibility index (Phi) is 5.67. The quantitative estimate of drug-likeness (QED) is 0.902. The number of aromatic nitrogens is 1. The predicted octanol–water partition coefficient (Wildman–Crippen LogP) is 2.26. The van der Waals surface area contributed by atoms with E-state index in [1.165, 1.54) is 23.8 Å². The molecule has 1 N–H and O–H groups in total. The van der Waals surface area contributed by atoms with Crippen LogP contribution in [0.15, 0.2) is 29.1 Å². The normalized spacial score (nSPS) is 10.4. The topological polar surface area (TPSA) is 84.1 Å². The molecule has 6 nitrogen and oxygen atoms in total. The number of aryl methyl sites for hydroxylation is 2. The summed E-state index contributed by atoms with van der Waals surface area (Å²) in [6.45, 7) is 3.26. The third kappa shape index (κ3) is 4.11. The first-order valence-electron chi connectivity index (χ1n) is 7.55. The molecular weight excluding hydrogens is 325 g/mol. The van der Waals surface area contributed by atoms with Crippen molar-refractivity contribution in [1.82, 2.24) is 4.57 Å². The summed E-state index contributed by atoms with van der Waals surface area (Å²) in [4.78, 5) is 24.7. The maximum atomic E-state index is 13.3. The standard InChI is InChI=1S/C18H18FN3O3/c1-11-4-5-14(19)7-16(11)21-17(23)9-22-12(2)6-13(10-25-3)15(8-20)18(22)24/h4-7H,9-10H2,1-3H3,(H,21,23). The van der Waals surface area contributed by atoms with Crippen molar-refractivity contribution >= 4 is 11.6 Å². The molecule has 0 fully saturated rings. The van der Waals surface area contributed by atoms with Crippen LogP contribution in [0.2, 0.25) is 0 Å². The average Bonchev–Trinajstić information content (AvgIpc) is 2.55. The number of hydrogen-bond acceptors (Lipinski definition) is 4. The van der Waals surface area contributed by atoms with Gasteiger partial charge in [-0.15, -0.1) is 0 Å². The fourth-order valence-electron chi connectivity index (χ4n) is 2.48. The lowest BCUT2D eigenvalue weighted by molar-refractivity contribution is -0.116. The van der Waals surface area contributed by atoms with Crippen molar-refractivity contribution in [2.75, 3.05) is 12.4 Å². The number of anilines is 1. The van der Waals surface area contributed by atoms with Crippen molar-refractivity contribution in [2.45, 2.75) is 27.0 Å². The number of hydrogen-bond donors (Lipinski definition) is 1. The summed E-state index contributed by atoms with van der Waals surface area (Å²) in [5.74, 6) is -0.952. The molecule has 0 unspecified atom stereocenters. The van der Waals surface area contributed by atoms with Gasteiger partial charge in [-0.1, -0.05) is 6.07 Å². The Balaban J connectivity index is 2.31. The van der Waals surface area contributed by atoms with E-state index in [-0.39, 0.29) is 18.7 Å². The van der Waals surface area contributed by atoms with E-state index >= 15 is 0 Å². The van der Waals surface area contributed by atoms with Gasteiger partial charge in [0.25, 0.3) is 5.56 Å². The molecule has 0 aliphatic rings. The zero-order valence-electron chi connectivity index (χ0n) is 14.2. The first-order chi connectivity index (χ1) is 11.9. The third-order valence-electron chi connectivity index (χ3n) is 3.78. The molecular formula is C18H18FN3O3. The second-order valence-electron chi connectivity index (χ2n) is 5.63. The maximum absolute atomic E-state index is 13.3. The van der Waals surface area contributed by atoms with Crippen LogP contribution in [0.1, 0.15) is 22.4 Å². The van der Waals surface area contributed by atoms with Crippen LogP contribution in [0.3, 0.4) is 0 Å². The Bertz CT molecular complexity index is 913. The largest absolute Gasteiger partial charge is 0.380 e. The lowest BCUT2D eigenvalue weighted by Crippen LogP contribution is -2.31. The van der Waals surface area contributed by atoms with Gasteiger partial charge in [0.2, 0.25) is 5.91 Å². The lowest BCUT2D eigenvalue weighted by atomic mass is 10.1. The molecule has 0 aliphatic carbocycles. The Labute approximate surface area is 144 Å². The summed E-state index contributed by atoms with van der Waals surface area (Å²) in [6, 6.07) is 7.57. The van der Waals surface area contributed by atoms with E-state index in [1.807, 2.05) is 6.07 Å². The number of benzene rings is 1. The van der Waals surface area contributed by atoms with Crippen LogP contribution in [0.25, 0.3) is 0 Å². The van der Waals surface area contributed by atoms with Gasteiger partial charge in [0.15, 0.2) is 0 Å². The van der Waals surface area contributed by atoms with Crippen LogP contribution in [-0.4, -0.2) is 17.6 Å². The highest BCUT2D eigenvalue weighted by molar-refractivity contribution is 5.91. The molecule has 7 heteroatoms. The number of methoxy groups -OCH3 is 1. The molecule has 2 rings (SSSR count). The zero-order chi connectivity index (χ0) is 18.6. The number of nitriles is 1. The van der Waals surface area contributed by atoms with Gasteiger partial charge in [0.1, 0.15) is 24.0 Å². The second kappa shape index (κ2) is 7.73. The molecule has 2 aromatic rings. The van der Waals surface area contributed by atoms with Crippen molar-refractivity contribution in [3.05, 3.63) is 62.8 Å². The number of pyridine rings is 1. The number of halogens is 1. The summed E-state index contributed by atoms with van der Waals surface area (Å²) in [5, 5.41) is 11.8. The smallest absolute Gasteiger partial charge is 0.269 e. The number of carbonyl (C=O) groups is 1. The first kappa shape index (κ1) is 18.4. The zero-order valence-corrected chi connectivity index (χ0v) is 14.2. The number of nitrogens with one attached hydrogen (secondary N) is 1. The number of carbonyl (C=O) groups excluding carboxylic acids is 1. The van der Waals surface area contributed by atoms with Crippen LogP contribution >= 0.6 is 0 Å². The summed E-state index contributed by atoms with van der Waals surface area (Å²) < 4.78 is 19.5. The van der Waals surface area contributed by atoms with Gasteiger partial charge in [0.05, 0.1) is 6.61 Å². The van der Waals surface area contributed by atoms with Gasteiger partial charge in [-0.2, -0.15) is 5.26 Å². The van der Waals surface area contributed by atoms with Crippen molar-refractivity contribution < 1.29 is 13.9 Å². The molecule has 130 valence electrons. The highest BCUT2D eigenvalue weighted by atomic mass is 19.1. The monoisotopic (exact) mass is 343 g/mol. The molecule has 0 atom stereocenters.